The lowest BCUT2D eigenvalue weighted by Crippen LogP contribution is -2.33. The van der Waals surface area contributed by atoms with Crippen molar-refractivity contribution in [3.8, 4) is 0 Å². The van der Waals surface area contributed by atoms with Crippen LogP contribution in [0.5, 0.6) is 0 Å². The van der Waals surface area contributed by atoms with E-state index in [1.165, 1.54) is 25.1 Å². The topological polar surface area (TPSA) is 37.0 Å². The molecule has 0 saturated carbocycles. The van der Waals surface area contributed by atoms with E-state index >= 15 is 0 Å². The third kappa shape index (κ3) is 3.16. The molecule has 1 saturated heterocycles. The Morgan fingerprint density at radius 1 is 1.53 bits per heavy atom. The number of hydrogen-bond acceptors (Lipinski definition) is 3. The molecule has 1 aliphatic rings. The molecule has 1 aromatic rings. The number of nitrogens with zero attached hydrogens (tertiary/aromatic N) is 1. The van der Waals surface area contributed by atoms with Crippen molar-refractivity contribution in [2.45, 2.75) is 12.8 Å². The van der Waals surface area contributed by atoms with Crippen molar-refractivity contribution < 1.29 is 4.39 Å². The van der Waals surface area contributed by atoms with E-state index < -0.39 is 5.95 Å². The van der Waals surface area contributed by atoms with E-state index in [0.29, 0.717) is 5.92 Å². The van der Waals surface area contributed by atoms with Gasteiger partial charge in [0, 0.05) is 6.54 Å². The summed E-state index contributed by atoms with van der Waals surface area (Å²) in [6.45, 7) is 3.14. The highest BCUT2D eigenvalue weighted by Gasteiger charge is 2.12. The molecule has 15 heavy (non-hydrogen) atoms. The summed E-state index contributed by atoms with van der Waals surface area (Å²) in [5, 5.41) is 6.64. The van der Waals surface area contributed by atoms with E-state index in [1.54, 1.807) is 6.07 Å². The van der Waals surface area contributed by atoms with E-state index in [-0.39, 0.29) is 0 Å². The first-order valence-electron chi connectivity index (χ1n) is 5.41. The monoisotopic (exact) mass is 209 g/mol. The smallest absolute Gasteiger partial charge is 0.212 e. The van der Waals surface area contributed by atoms with Crippen molar-refractivity contribution in [3.05, 3.63) is 24.3 Å². The van der Waals surface area contributed by atoms with Crippen LogP contribution in [0.4, 0.5) is 10.1 Å². The molecule has 0 aliphatic carbocycles. The Hall–Kier alpha value is -1.16. The lowest BCUT2D eigenvalue weighted by molar-refractivity contribution is 0.393. The molecule has 1 fully saturated rings. The second kappa shape index (κ2) is 5.07. The van der Waals surface area contributed by atoms with Crippen molar-refractivity contribution in [2.24, 2.45) is 5.92 Å². The Bertz CT molecular complexity index is 293. The summed E-state index contributed by atoms with van der Waals surface area (Å²) < 4.78 is 12.5. The molecule has 0 bridgehead atoms. The molecule has 0 amide bonds. The SMILES string of the molecule is Fc1ccc(NCC2CCCNC2)cn1. The highest BCUT2D eigenvalue weighted by Crippen LogP contribution is 2.12. The Morgan fingerprint density at radius 2 is 2.47 bits per heavy atom. The average molecular weight is 209 g/mol. The van der Waals surface area contributed by atoms with Crippen molar-refractivity contribution in [1.82, 2.24) is 10.3 Å². The molecule has 0 radical (unpaired) electrons. The fraction of sp³-hybridized carbons (Fsp3) is 0.545. The van der Waals surface area contributed by atoms with Crippen LogP contribution in [0, 0.1) is 11.9 Å². The standard InChI is InChI=1S/C11H16FN3/c12-11-4-3-10(8-15-11)14-7-9-2-1-5-13-6-9/h3-4,8-9,13-14H,1-2,5-7H2. The summed E-state index contributed by atoms with van der Waals surface area (Å²) in [6.07, 6.45) is 4.04. The van der Waals surface area contributed by atoms with Crippen molar-refractivity contribution in [2.75, 3.05) is 25.0 Å². The normalized spacial score (nSPS) is 21.3. The van der Waals surface area contributed by atoms with E-state index in [0.717, 1.165) is 25.3 Å². The molecule has 82 valence electrons. The second-order valence-corrected chi connectivity index (χ2v) is 3.96. The fourth-order valence-corrected chi connectivity index (χ4v) is 1.84. The molecule has 2 N–H and O–H groups in total. The first-order chi connectivity index (χ1) is 7.34. The van der Waals surface area contributed by atoms with Gasteiger partial charge in [-0.25, -0.2) is 4.98 Å². The third-order valence-corrected chi connectivity index (χ3v) is 2.72. The zero-order valence-corrected chi connectivity index (χ0v) is 8.67. The molecule has 0 aromatic carbocycles. The maximum atomic E-state index is 12.5. The van der Waals surface area contributed by atoms with Crippen LogP contribution < -0.4 is 10.6 Å². The van der Waals surface area contributed by atoms with Gasteiger partial charge in [0.1, 0.15) is 0 Å². The van der Waals surface area contributed by atoms with Crippen LogP contribution in [0.25, 0.3) is 0 Å². The van der Waals surface area contributed by atoms with Crippen LogP contribution in [0.2, 0.25) is 0 Å². The van der Waals surface area contributed by atoms with Crippen LogP contribution in [0.3, 0.4) is 0 Å². The van der Waals surface area contributed by atoms with Gasteiger partial charge in [0.25, 0.3) is 0 Å². The summed E-state index contributed by atoms with van der Waals surface area (Å²) in [6, 6.07) is 3.10. The molecule has 3 nitrogen and oxygen atoms in total. The van der Waals surface area contributed by atoms with Crippen LogP contribution in [-0.4, -0.2) is 24.6 Å². The van der Waals surface area contributed by atoms with Gasteiger partial charge in [-0.3, -0.25) is 0 Å². The van der Waals surface area contributed by atoms with Crippen LogP contribution in [0.1, 0.15) is 12.8 Å². The third-order valence-electron chi connectivity index (χ3n) is 2.72. The molecular formula is C11H16FN3. The minimum absolute atomic E-state index is 0.431. The number of aromatic nitrogens is 1. The zero-order valence-electron chi connectivity index (χ0n) is 8.67. The number of rotatable bonds is 3. The van der Waals surface area contributed by atoms with Gasteiger partial charge in [-0.15, -0.1) is 0 Å². The number of halogens is 1. The quantitative estimate of drug-likeness (QED) is 0.743. The lowest BCUT2D eigenvalue weighted by atomic mass is 10.00. The summed E-state index contributed by atoms with van der Waals surface area (Å²) in [4.78, 5) is 3.60. The molecule has 2 heterocycles. The Labute approximate surface area is 89.1 Å². The maximum absolute atomic E-state index is 12.5. The molecule has 1 unspecified atom stereocenters. The lowest BCUT2D eigenvalue weighted by Gasteiger charge is -2.23. The van der Waals surface area contributed by atoms with Gasteiger partial charge < -0.3 is 10.6 Å². The first kappa shape index (κ1) is 10.4. The highest BCUT2D eigenvalue weighted by molar-refractivity contribution is 5.39. The predicted molar refractivity (Wildman–Crippen MR) is 58.3 cm³/mol. The number of nitrogens with one attached hydrogen (secondary N) is 2. The van der Waals surface area contributed by atoms with Gasteiger partial charge in [-0.05, 0) is 44.0 Å². The average Bonchev–Trinajstić information content (AvgIpc) is 2.30. The molecule has 4 heteroatoms. The van der Waals surface area contributed by atoms with Gasteiger partial charge in [0.05, 0.1) is 11.9 Å². The second-order valence-electron chi connectivity index (χ2n) is 3.96. The van der Waals surface area contributed by atoms with E-state index in [4.69, 9.17) is 0 Å². The van der Waals surface area contributed by atoms with E-state index in [9.17, 15) is 4.39 Å². The maximum Gasteiger partial charge on any atom is 0.212 e. The minimum atomic E-state index is -0.431. The van der Waals surface area contributed by atoms with Crippen LogP contribution in [-0.2, 0) is 0 Å². The first-order valence-corrected chi connectivity index (χ1v) is 5.41. The molecular weight excluding hydrogens is 193 g/mol. The molecule has 0 spiro atoms. The van der Waals surface area contributed by atoms with Gasteiger partial charge in [0.15, 0.2) is 0 Å². The number of pyridine rings is 1. The molecule has 1 atom stereocenters. The largest absolute Gasteiger partial charge is 0.383 e. The summed E-state index contributed by atoms with van der Waals surface area (Å²) in [7, 11) is 0. The zero-order chi connectivity index (χ0) is 10.5. The summed E-state index contributed by atoms with van der Waals surface area (Å²) in [5.74, 6) is 0.240. The van der Waals surface area contributed by atoms with Gasteiger partial charge in [-0.1, -0.05) is 0 Å². The van der Waals surface area contributed by atoms with E-state index in [2.05, 4.69) is 15.6 Å². The Balaban J connectivity index is 1.79. The number of hydrogen-bond donors (Lipinski definition) is 2. The Morgan fingerprint density at radius 3 is 3.13 bits per heavy atom. The van der Waals surface area contributed by atoms with Crippen molar-refractivity contribution in [1.29, 1.82) is 0 Å². The summed E-state index contributed by atoms with van der Waals surface area (Å²) in [5.41, 5.74) is 0.891. The predicted octanol–water partition coefficient (Wildman–Crippen LogP) is 1.63. The number of anilines is 1. The number of piperidine rings is 1. The van der Waals surface area contributed by atoms with Gasteiger partial charge >= 0.3 is 0 Å². The highest BCUT2D eigenvalue weighted by atomic mass is 19.1. The molecule has 1 aromatic heterocycles. The van der Waals surface area contributed by atoms with E-state index in [1.807, 2.05) is 0 Å². The van der Waals surface area contributed by atoms with Gasteiger partial charge in [0.2, 0.25) is 5.95 Å². The van der Waals surface area contributed by atoms with Crippen molar-refractivity contribution >= 4 is 5.69 Å². The van der Waals surface area contributed by atoms with Crippen LogP contribution >= 0.6 is 0 Å². The fourth-order valence-electron chi connectivity index (χ4n) is 1.84. The molecule has 2 rings (SSSR count). The van der Waals surface area contributed by atoms with Gasteiger partial charge in [-0.2, -0.15) is 4.39 Å². The van der Waals surface area contributed by atoms with Crippen molar-refractivity contribution in [3.63, 3.8) is 0 Å². The van der Waals surface area contributed by atoms with Crippen LogP contribution in [0.15, 0.2) is 18.3 Å². The minimum Gasteiger partial charge on any atom is -0.383 e. The Kier molecular flexibility index (Phi) is 3.50. The molecule has 1 aliphatic heterocycles. The summed E-state index contributed by atoms with van der Waals surface area (Å²) >= 11 is 0.